The molecule has 2 heterocycles. The minimum absolute atomic E-state index is 0.160. The van der Waals surface area contributed by atoms with Gasteiger partial charge >= 0.3 is 0 Å². The largest absolute Gasteiger partial charge is 0.266 e. The van der Waals surface area contributed by atoms with Crippen molar-refractivity contribution in [1.82, 2.24) is 9.97 Å². The van der Waals surface area contributed by atoms with Crippen LogP contribution in [-0.2, 0) is 16.6 Å². The standard InChI is InChI=1S/C17H15N3O2S/c21-23(22,17-7-4-10-19-13-17)20(16-8-11-18-12-9-16)14-15-5-2-1-3-6-15/h1-13H,14H2. The van der Waals surface area contributed by atoms with Gasteiger partial charge in [-0.1, -0.05) is 30.3 Å². The Bertz CT molecular complexity index is 854. The van der Waals surface area contributed by atoms with Crippen molar-refractivity contribution in [3.05, 3.63) is 84.9 Å². The van der Waals surface area contributed by atoms with E-state index in [1.165, 1.54) is 10.5 Å². The number of aromatic nitrogens is 2. The van der Waals surface area contributed by atoms with Gasteiger partial charge in [0.05, 0.1) is 12.2 Å². The SMILES string of the molecule is O=S(=O)(c1cccnc1)N(Cc1ccccc1)c1ccncc1. The Morgan fingerprint density at radius 1 is 0.826 bits per heavy atom. The highest BCUT2D eigenvalue weighted by molar-refractivity contribution is 7.92. The minimum Gasteiger partial charge on any atom is -0.265 e. The summed E-state index contributed by atoms with van der Waals surface area (Å²) in [7, 11) is -3.71. The van der Waals surface area contributed by atoms with Crippen molar-refractivity contribution in [1.29, 1.82) is 0 Å². The fraction of sp³-hybridized carbons (Fsp3) is 0.0588. The van der Waals surface area contributed by atoms with E-state index in [9.17, 15) is 8.42 Å². The van der Waals surface area contributed by atoms with Crippen molar-refractivity contribution in [2.45, 2.75) is 11.4 Å². The second-order valence-corrected chi connectivity index (χ2v) is 6.75. The van der Waals surface area contributed by atoms with Crippen LogP contribution in [0.4, 0.5) is 5.69 Å². The Labute approximate surface area is 135 Å². The van der Waals surface area contributed by atoms with E-state index in [1.807, 2.05) is 30.3 Å². The molecule has 0 bridgehead atoms. The van der Waals surface area contributed by atoms with Gasteiger partial charge in [-0.2, -0.15) is 0 Å². The first-order valence-electron chi connectivity index (χ1n) is 7.04. The Hall–Kier alpha value is -2.73. The first kappa shape index (κ1) is 15.2. The van der Waals surface area contributed by atoms with Gasteiger partial charge in [0.1, 0.15) is 4.90 Å². The third-order valence-corrected chi connectivity index (χ3v) is 5.10. The van der Waals surface area contributed by atoms with Crippen LogP contribution in [-0.4, -0.2) is 18.4 Å². The lowest BCUT2D eigenvalue weighted by molar-refractivity contribution is 0.590. The molecule has 0 aliphatic rings. The maximum absolute atomic E-state index is 13.0. The van der Waals surface area contributed by atoms with E-state index in [4.69, 9.17) is 0 Å². The molecule has 0 N–H and O–H groups in total. The van der Waals surface area contributed by atoms with Gasteiger partial charge in [0.2, 0.25) is 0 Å². The zero-order chi connectivity index (χ0) is 16.1. The molecule has 0 unspecified atom stereocenters. The van der Waals surface area contributed by atoms with Crippen LogP contribution in [0.1, 0.15) is 5.56 Å². The van der Waals surface area contributed by atoms with Crippen LogP contribution < -0.4 is 4.31 Å². The molecule has 116 valence electrons. The van der Waals surface area contributed by atoms with Gasteiger partial charge in [-0.25, -0.2) is 8.42 Å². The van der Waals surface area contributed by atoms with Crippen molar-refractivity contribution >= 4 is 15.7 Å². The zero-order valence-electron chi connectivity index (χ0n) is 12.3. The summed E-state index contributed by atoms with van der Waals surface area (Å²) >= 11 is 0. The Balaban J connectivity index is 2.05. The molecule has 0 aliphatic heterocycles. The van der Waals surface area contributed by atoms with Gasteiger partial charge in [0.15, 0.2) is 0 Å². The number of rotatable bonds is 5. The van der Waals surface area contributed by atoms with Gasteiger partial charge in [-0.3, -0.25) is 14.3 Å². The summed E-state index contributed by atoms with van der Waals surface area (Å²) in [6.45, 7) is 0.238. The summed E-state index contributed by atoms with van der Waals surface area (Å²) in [6.07, 6.45) is 6.06. The molecular formula is C17H15N3O2S. The highest BCUT2D eigenvalue weighted by atomic mass is 32.2. The van der Waals surface area contributed by atoms with Crippen molar-refractivity contribution < 1.29 is 8.42 Å². The molecule has 5 nitrogen and oxygen atoms in total. The van der Waals surface area contributed by atoms with Gasteiger partial charge in [-0.15, -0.1) is 0 Å². The van der Waals surface area contributed by atoms with Crippen LogP contribution in [0.5, 0.6) is 0 Å². The van der Waals surface area contributed by atoms with Crippen LogP contribution in [0.15, 0.2) is 84.3 Å². The number of anilines is 1. The summed E-state index contributed by atoms with van der Waals surface area (Å²) in [5, 5.41) is 0. The van der Waals surface area contributed by atoms with Gasteiger partial charge in [0.25, 0.3) is 10.0 Å². The lowest BCUT2D eigenvalue weighted by Crippen LogP contribution is -2.30. The topological polar surface area (TPSA) is 63.2 Å². The summed E-state index contributed by atoms with van der Waals surface area (Å²) in [5.74, 6) is 0. The van der Waals surface area contributed by atoms with Crippen molar-refractivity contribution in [2.75, 3.05) is 4.31 Å². The molecular weight excluding hydrogens is 310 g/mol. The first-order chi connectivity index (χ1) is 11.2. The average molecular weight is 325 g/mol. The predicted octanol–water partition coefficient (Wildman–Crippen LogP) is 2.87. The highest BCUT2D eigenvalue weighted by Gasteiger charge is 2.25. The smallest absolute Gasteiger partial charge is 0.265 e. The second kappa shape index (κ2) is 6.58. The van der Waals surface area contributed by atoms with Crippen LogP contribution in [0.3, 0.4) is 0 Å². The molecule has 0 fully saturated rings. The third-order valence-electron chi connectivity index (χ3n) is 3.34. The number of sulfonamides is 1. The third kappa shape index (κ3) is 3.37. The van der Waals surface area contributed by atoms with Gasteiger partial charge in [-0.05, 0) is 29.8 Å². The van der Waals surface area contributed by atoms with E-state index in [1.54, 1.807) is 42.9 Å². The van der Waals surface area contributed by atoms with E-state index in [2.05, 4.69) is 9.97 Å². The number of benzene rings is 1. The Kier molecular flexibility index (Phi) is 4.34. The van der Waals surface area contributed by atoms with Crippen LogP contribution in [0.25, 0.3) is 0 Å². The van der Waals surface area contributed by atoms with Crippen molar-refractivity contribution in [3.8, 4) is 0 Å². The quantitative estimate of drug-likeness (QED) is 0.723. The molecule has 23 heavy (non-hydrogen) atoms. The molecule has 1 aromatic carbocycles. The molecule has 0 saturated carbocycles. The monoisotopic (exact) mass is 325 g/mol. The molecule has 0 saturated heterocycles. The Morgan fingerprint density at radius 3 is 2.22 bits per heavy atom. The van der Waals surface area contributed by atoms with Crippen molar-refractivity contribution in [3.63, 3.8) is 0 Å². The molecule has 3 rings (SSSR count). The van der Waals surface area contributed by atoms with E-state index in [0.717, 1.165) is 5.56 Å². The predicted molar refractivity (Wildman–Crippen MR) is 88.3 cm³/mol. The zero-order valence-corrected chi connectivity index (χ0v) is 13.1. The molecule has 2 aromatic heterocycles. The van der Waals surface area contributed by atoms with E-state index in [0.29, 0.717) is 5.69 Å². The molecule has 0 amide bonds. The second-order valence-electron chi connectivity index (χ2n) is 4.89. The molecule has 3 aromatic rings. The van der Waals surface area contributed by atoms with E-state index < -0.39 is 10.0 Å². The highest BCUT2D eigenvalue weighted by Crippen LogP contribution is 2.24. The van der Waals surface area contributed by atoms with Crippen LogP contribution in [0.2, 0.25) is 0 Å². The lowest BCUT2D eigenvalue weighted by atomic mass is 10.2. The minimum atomic E-state index is -3.71. The number of pyridine rings is 2. The molecule has 0 aliphatic carbocycles. The van der Waals surface area contributed by atoms with Crippen molar-refractivity contribution in [2.24, 2.45) is 0 Å². The summed E-state index contributed by atoms with van der Waals surface area (Å²) < 4.78 is 27.4. The molecule has 0 radical (unpaired) electrons. The summed E-state index contributed by atoms with van der Waals surface area (Å²) in [4.78, 5) is 8.03. The summed E-state index contributed by atoms with van der Waals surface area (Å²) in [5.41, 5.74) is 1.46. The fourth-order valence-corrected chi connectivity index (χ4v) is 3.62. The average Bonchev–Trinajstić information content (AvgIpc) is 2.62. The Morgan fingerprint density at radius 2 is 1.57 bits per heavy atom. The normalized spacial score (nSPS) is 11.1. The maximum Gasteiger partial charge on any atom is 0.266 e. The van der Waals surface area contributed by atoms with E-state index in [-0.39, 0.29) is 11.4 Å². The molecule has 0 spiro atoms. The molecule has 0 atom stereocenters. The molecule has 6 heteroatoms. The fourth-order valence-electron chi connectivity index (χ4n) is 2.20. The van der Waals surface area contributed by atoms with E-state index >= 15 is 0 Å². The van der Waals surface area contributed by atoms with Crippen LogP contribution in [0, 0.1) is 0 Å². The number of nitrogens with zero attached hydrogens (tertiary/aromatic N) is 3. The van der Waals surface area contributed by atoms with Crippen LogP contribution >= 0.6 is 0 Å². The van der Waals surface area contributed by atoms with Gasteiger partial charge < -0.3 is 0 Å². The van der Waals surface area contributed by atoms with Gasteiger partial charge in [0, 0.05) is 24.8 Å². The number of hydrogen-bond donors (Lipinski definition) is 0. The lowest BCUT2D eigenvalue weighted by Gasteiger charge is -2.24. The first-order valence-corrected chi connectivity index (χ1v) is 8.48. The maximum atomic E-state index is 13.0. The number of hydrogen-bond acceptors (Lipinski definition) is 4. The summed E-state index contributed by atoms with van der Waals surface area (Å²) in [6, 6.07) is 16.0.